The molecule has 0 unspecified atom stereocenters. The molecule has 0 bridgehead atoms. The van der Waals surface area contributed by atoms with Gasteiger partial charge in [0.2, 0.25) is 15.9 Å². The van der Waals surface area contributed by atoms with Crippen molar-refractivity contribution in [2.24, 2.45) is 0 Å². The molecule has 0 fully saturated rings. The highest BCUT2D eigenvalue weighted by Gasteiger charge is 2.22. The van der Waals surface area contributed by atoms with E-state index in [1.165, 1.54) is 26.4 Å². The van der Waals surface area contributed by atoms with E-state index >= 15 is 0 Å². The number of nitrogens with one attached hydrogen (secondary N) is 1. The Morgan fingerprint density at radius 2 is 1.81 bits per heavy atom. The minimum atomic E-state index is -3.81. The van der Waals surface area contributed by atoms with Gasteiger partial charge in [0.05, 0.1) is 31.2 Å². The van der Waals surface area contributed by atoms with Gasteiger partial charge >= 0.3 is 0 Å². The molecule has 2 aromatic carbocycles. The third kappa shape index (κ3) is 5.24. The number of hydrogen-bond acceptors (Lipinski definition) is 5. The van der Waals surface area contributed by atoms with Crippen LogP contribution in [0, 0.1) is 5.82 Å². The molecule has 10 heteroatoms. The van der Waals surface area contributed by atoms with Gasteiger partial charge in [-0.25, -0.2) is 12.8 Å². The molecule has 27 heavy (non-hydrogen) atoms. The highest BCUT2D eigenvalue weighted by Crippen LogP contribution is 2.30. The second kappa shape index (κ2) is 8.45. The van der Waals surface area contributed by atoms with E-state index < -0.39 is 28.3 Å². The normalized spacial score (nSPS) is 11.0. The van der Waals surface area contributed by atoms with Gasteiger partial charge in [-0.1, -0.05) is 11.6 Å². The number of rotatable bonds is 7. The van der Waals surface area contributed by atoms with Crippen LogP contribution < -0.4 is 19.1 Å². The number of carbonyl (C=O) groups is 1. The summed E-state index contributed by atoms with van der Waals surface area (Å²) in [6.07, 6.45) is 0.938. The number of nitrogens with zero attached hydrogens (tertiary/aromatic N) is 1. The van der Waals surface area contributed by atoms with Crippen molar-refractivity contribution in [1.82, 2.24) is 0 Å². The summed E-state index contributed by atoms with van der Waals surface area (Å²) in [6, 6.07) is 8.12. The van der Waals surface area contributed by atoms with Crippen molar-refractivity contribution in [2.75, 3.05) is 36.6 Å². The Bertz CT molecular complexity index is 952. The Kier molecular flexibility index (Phi) is 6.50. The standard InChI is InChI=1S/C17H18ClFN2O5S/c1-25-15-7-4-11(8-16(15)26-2)20-17(22)10-21(27(3,23)24)12-5-6-14(19)13(18)9-12/h4-9H,10H2,1-3H3,(H,20,22). The van der Waals surface area contributed by atoms with Crippen molar-refractivity contribution in [1.29, 1.82) is 0 Å². The molecule has 0 heterocycles. The fraction of sp³-hybridized carbons (Fsp3) is 0.235. The average Bonchev–Trinajstić information content (AvgIpc) is 2.61. The number of hydrogen-bond donors (Lipinski definition) is 1. The second-order valence-electron chi connectivity index (χ2n) is 5.49. The molecular weight excluding hydrogens is 399 g/mol. The largest absolute Gasteiger partial charge is 0.493 e. The van der Waals surface area contributed by atoms with Gasteiger partial charge in [0.15, 0.2) is 11.5 Å². The van der Waals surface area contributed by atoms with Crippen LogP contribution in [0.2, 0.25) is 5.02 Å². The Hall–Kier alpha value is -2.52. The van der Waals surface area contributed by atoms with Gasteiger partial charge in [0, 0.05) is 11.8 Å². The van der Waals surface area contributed by atoms with Gasteiger partial charge in [-0.05, 0) is 30.3 Å². The van der Waals surface area contributed by atoms with Crippen LogP contribution in [-0.2, 0) is 14.8 Å². The van der Waals surface area contributed by atoms with E-state index in [1.807, 2.05) is 0 Å². The van der Waals surface area contributed by atoms with Crippen LogP contribution in [0.3, 0.4) is 0 Å². The summed E-state index contributed by atoms with van der Waals surface area (Å²) in [6.45, 7) is -0.519. The van der Waals surface area contributed by atoms with Crippen molar-refractivity contribution >= 4 is 38.9 Å². The lowest BCUT2D eigenvalue weighted by atomic mass is 10.2. The highest BCUT2D eigenvalue weighted by atomic mass is 35.5. The van der Waals surface area contributed by atoms with E-state index in [-0.39, 0.29) is 10.7 Å². The Morgan fingerprint density at radius 1 is 1.15 bits per heavy atom. The second-order valence-corrected chi connectivity index (χ2v) is 7.80. The molecule has 0 saturated heterocycles. The van der Waals surface area contributed by atoms with Gasteiger partial charge in [-0.2, -0.15) is 0 Å². The molecule has 2 rings (SSSR count). The van der Waals surface area contributed by atoms with Gasteiger partial charge in [0.1, 0.15) is 12.4 Å². The van der Waals surface area contributed by atoms with E-state index in [1.54, 1.807) is 12.1 Å². The van der Waals surface area contributed by atoms with Crippen molar-refractivity contribution in [3.63, 3.8) is 0 Å². The minimum absolute atomic E-state index is 0.0753. The predicted octanol–water partition coefficient (Wildman–Crippen LogP) is 2.90. The van der Waals surface area contributed by atoms with Gasteiger partial charge < -0.3 is 14.8 Å². The van der Waals surface area contributed by atoms with Crippen molar-refractivity contribution in [3.05, 3.63) is 47.2 Å². The molecule has 0 aliphatic rings. The maximum absolute atomic E-state index is 13.3. The van der Waals surface area contributed by atoms with Crippen LogP contribution in [0.5, 0.6) is 11.5 Å². The number of amides is 1. The molecule has 0 aliphatic carbocycles. The first kappa shape index (κ1) is 20.8. The van der Waals surface area contributed by atoms with Crippen LogP contribution in [0.4, 0.5) is 15.8 Å². The lowest BCUT2D eigenvalue weighted by molar-refractivity contribution is -0.114. The number of benzene rings is 2. The molecule has 2 aromatic rings. The fourth-order valence-corrected chi connectivity index (χ4v) is 3.31. The lowest BCUT2D eigenvalue weighted by Crippen LogP contribution is -2.37. The molecule has 146 valence electrons. The number of halogens is 2. The Balaban J connectivity index is 2.23. The number of ether oxygens (including phenoxy) is 2. The molecule has 0 spiro atoms. The van der Waals surface area contributed by atoms with Crippen LogP contribution in [-0.4, -0.2) is 41.3 Å². The fourth-order valence-electron chi connectivity index (χ4n) is 2.29. The first-order valence-electron chi connectivity index (χ1n) is 7.60. The first-order chi connectivity index (χ1) is 12.7. The first-order valence-corrected chi connectivity index (χ1v) is 9.83. The zero-order valence-corrected chi connectivity index (χ0v) is 16.4. The molecule has 0 radical (unpaired) electrons. The van der Waals surface area contributed by atoms with Gasteiger partial charge in [-0.15, -0.1) is 0 Å². The van der Waals surface area contributed by atoms with Crippen LogP contribution >= 0.6 is 11.6 Å². The third-order valence-electron chi connectivity index (χ3n) is 3.55. The maximum atomic E-state index is 13.3. The smallest absolute Gasteiger partial charge is 0.245 e. The molecule has 1 N–H and O–H groups in total. The summed E-state index contributed by atoms with van der Waals surface area (Å²) in [5.41, 5.74) is 0.467. The molecule has 0 aromatic heterocycles. The summed E-state index contributed by atoms with van der Waals surface area (Å²) in [5, 5.41) is 2.33. The predicted molar refractivity (Wildman–Crippen MR) is 102 cm³/mol. The number of sulfonamides is 1. The third-order valence-corrected chi connectivity index (χ3v) is 4.98. The number of carbonyl (C=O) groups excluding carboxylic acids is 1. The molecule has 7 nitrogen and oxygen atoms in total. The van der Waals surface area contributed by atoms with Crippen LogP contribution in [0.25, 0.3) is 0 Å². The van der Waals surface area contributed by atoms with E-state index in [0.717, 1.165) is 22.7 Å². The van der Waals surface area contributed by atoms with Crippen LogP contribution in [0.15, 0.2) is 36.4 Å². The van der Waals surface area contributed by atoms with Gasteiger partial charge in [-0.3, -0.25) is 9.10 Å². The summed E-state index contributed by atoms with van der Waals surface area (Å²) in [4.78, 5) is 12.4. The maximum Gasteiger partial charge on any atom is 0.245 e. The lowest BCUT2D eigenvalue weighted by Gasteiger charge is -2.22. The summed E-state index contributed by atoms with van der Waals surface area (Å²) >= 11 is 5.71. The SMILES string of the molecule is COc1ccc(NC(=O)CN(c2ccc(F)c(Cl)c2)S(C)(=O)=O)cc1OC. The van der Waals surface area contributed by atoms with E-state index in [9.17, 15) is 17.6 Å². The quantitative estimate of drug-likeness (QED) is 0.750. The number of methoxy groups -OCH3 is 2. The van der Waals surface area contributed by atoms with Crippen molar-refractivity contribution in [2.45, 2.75) is 0 Å². The molecule has 0 atom stereocenters. The summed E-state index contributed by atoms with van der Waals surface area (Å²) in [7, 11) is -0.880. The highest BCUT2D eigenvalue weighted by molar-refractivity contribution is 7.92. The Morgan fingerprint density at radius 3 is 2.37 bits per heavy atom. The van der Waals surface area contributed by atoms with E-state index in [4.69, 9.17) is 21.1 Å². The monoisotopic (exact) mass is 416 g/mol. The van der Waals surface area contributed by atoms with Crippen LogP contribution in [0.1, 0.15) is 0 Å². The Labute approximate surface area is 161 Å². The average molecular weight is 417 g/mol. The molecule has 1 amide bonds. The topological polar surface area (TPSA) is 84.9 Å². The zero-order valence-electron chi connectivity index (χ0n) is 14.8. The van der Waals surface area contributed by atoms with Crippen molar-refractivity contribution in [3.8, 4) is 11.5 Å². The van der Waals surface area contributed by atoms with Gasteiger partial charge in [0.25, 0.3) is 0 Å². The summed E-state index contributed by atoms with van der Waals surface area (Å²) in [5.74, 6) is -0.411. The molecular formula is C17H18ClFN2O5S. The zero-order chi connectivity index (χ0) is 20.2. The molecule has 0 saturated carbocycles. The van der Waals surface area contributed by atoms with Crippen molar-refractivity contribution < 1.29 is 27.1 Å². The van der Waals surface area contributed by atoms with E-state index in [0.29, 0.717) is 17.2 Å². The molecule has 0 aliphatic heterocycles. The number of anilines is 2. The van der Waals surface area contributed by atoms with E-state index in [2.05, 4.69) is 5.32 Å². The summed E-state index contributed by atoms with van der Waals surface area (Å²) < 4.78 is 48.6. The minimum Gasteiger partial charge on any atom is -0.493 e.